The van der Waals surface area contributed by atoms with Gasteiger partial charge in [0.2, 0.25) is 0 Å². The maximum absolute atomic E-state index is 13.0. The number of allylic oxidation sites excluding steroid dienone is 1. The molecule has 1 N–H and O–H groups in total. The molecule has 3 rings (SSSR count). The molecule has 2 nitrogen and oxygen atoms in total. The number of ketones is 1. The molecule has 0 aromatic heterocycles. The monoisotopic (exact) mass is 318 g/mol. The molecule has 2 unspecified atom stereocenters. The summed E-state index contributed by atoms with van der Waals surface area (Å²) in [6.45, 7) is 4.18. The van der Waals surface area contributed by atoms with Gasteiger partial charge < -0.3 is 5.11 Å². The third-order valence-corrected chi connectivity index (χ3v) is 5.98. The summed E-state index contributed by atoms with van der Waals surface area (Å²) in [6, 6.07) is 7.62. The summed E-state index contributed by atoms with van der Waals surface area (Å²) >= 11 is 6.03. The molecule has 22 heavy (non-hydrogen) atoms. The largest absolute Gasteiger partial charge is 0.393 e. The van der Waals surface area contributed by atoms with E-state index >= 15 is 0 Å². The number of carbonyl (C=O) groups excluding carboxylic acids is 1. The van der Waals surface area contributed by atoms with Gasteiger partial charge in [-0.05, 0) is 66.9 Å². The fourth-order valence-corrected chi connectivity index (χ4v) is 4.53. The molecule has 1 aromatic carbocycles. The summed E-state index contributed by atoms with van der Waals surface area (Å²) in [5.41, 5.74) is 1.58. The fraction of sp³-hybridized carbons (Fsp3) is 0.526. The minimum absolute atomic E-state index is 0.204. The zero-order chi connectivity index (χ0) is 15.9. The van der Waals surface area contributed by atoms with Crippen molar-refractivity contribution in [3.8, 4) is 0 Å². The van der Waals surface area contributed by atoms with Crippen LogP contribution < -0.4 is 0 Å². The van der Waals surface area contributed by atoms with E-state index in [0.29, 0.717) is 10.9 Å². The first-order chi connectivity index (χ1) is 10.4. The van der Waals surface area contributed by atoms with Crippen LogP contribution >= 0.6 is 11.6 Å². The number of rotatable bonds is 1. The molecule has 0 spiro atoms. The number of benzene rings is 1. The van der Waals surface area contributed by atoms with E-state index in [0.717, 1.165) is 36.8 Å². The molecular weight excluding hydrogens is 296 g/mol. The molecule has 0 radical (unpaired) electrons. The van der Waals surface area contributed by atoms with Gasteiger partial charge >= 0.3 is 0 Å². The standard InChI is InChI=1S/C19H23ClO2/c1-12-16-7-6-14(10-13-4-3-5-15(20)11-13)18(22)19(16,2)9-8-17(12)21/h3-5,10-12,16-17,21H,6-9H2,1-2H3/b14-10-/t12-,16?,17?,19-/m0/s1. The summed E-state index contributed by atoms with van der Waals surface area (Å²) < 4.78 is 0. The van der Waals surface area contributed by atoms with Crippen molar-refractivity contribution in [3.63, 3.8) is 0 Å². The van der Waals surface area contributed by atoms with Crippen molar-refractivity contribution in [1.82, 2.24) is 0 Å². The highest BCUT2D eigenvalue weighted by atomic mass is 35.5. The third kappa shape index (κ3) is 2.63. The van der Waals surface area contributed by atoms with Gasteiger partial charge in [-0.15, -0.1) is 0 Å². The Morgan fingerprint density at radius 3 is 2.86 bits per heavy atom. The normalized spacial score (nSPS) is 37.2. The van der Waals surface area contributed by atoms with Crippen LogP contribution in [0.5, 0.6) is 0 Å². The van der Waals surface area contributed by atoms with Crippen molar-refractivity contribution in [1.29, 1.82) is 0 Å². The van der Waals surface area contributed by atoms with Crippen LogP contribution in [0.1, 0.15) is 45.1 Å². The molecule has 1 aromatic rings. The van der Waals surface area contributed by atoms with E-state index in [-0.39, 0.29) is 23.2 Å². The Bertz CT molecular complexity index is 622. The number of aliphatic hydroxyl groups is 1. The Balaban J connectivity index is 1.90. The van der Waals surface area contributed by atoms with Gasteiger partial charge in [0.1, 0.15) is 0 Å². The molecule has 3 heteroatoms. The van der Waals surface area contributed by atoms with Gasteiger partial charge in [0.25, 0.3) is 0 Å². The fourth-order valence-electron chi connectivity index (χ4n) is 4.33. The molecule has 118 valence electrons. The molecule has 2 fully saturated rings. The Kier molecular flexibility index (Phi) is 4.17. The molecular formula is C19H23ClO2. The van der Waals surface area contributed by atoms with Crippen molar-refractivity contribution >= 4 is 23.5 Å². The third-order valence-electron chi connectivity index (χ3n) is 5.74. The average Bonchev–Trinajstić information content (AvgIpc) is 2.48. The first-order valence-corrected chi connectivity index (χ1v) is 8.48. The first kappa shape index (κ1) is 15.8. The predicted molar refractivity (Wildman–Crippen MR) is 89.7 cm³/mol. The maximum Gasteiger partial charge on any atom is 0.165 e. The molecule has 0 aliphatic heterocycles. The summed E-state index contributed by atoms with van der Waals surface area (Å²) in [5, 5.41) is 10.8. The Labute approximate surface area is 137 Å². The highest BCUT2D eigenvalue weighted by Gasteiger charge is 2.51. The van der Waals surface area contributed by atoms with Crippen LogP contribution in [-0.2, 0) is 4.79 Å². The number of fused-ring (bicyclic) bond motifs is 1. The van der Waals surface area contributed by atoms with E-state index in [1.807, 2.05) is 30.3 Å². The number of halogens is 1. The van der Waals surface area contributed by atoms with Crippen LogP contribution in [0, 0.1) is 17.3 Å². The lowest BCUT2D eigenvalue weighted by Gasteiger charge is -2.49. The predicted octanol–water partition coefficient (Wildman–Crippen LogP) is 4.50. The van der Waals surface area contributed by atoms with Crippen molar-refractivity contribution in [2.24, 2.45) is 17.3 Å². The SMILES string of the molecule is C[C@@H]1C(O)CC[C@]2(C)C(=O)/C(=C\c3cccc(Cl)c3)CCC12. The van der Waals surface area contributed by atoms with Crippen molar-refractivity contribution < 1.29 is 9.90 Å². The molecule has 0 bridgehead atoms. The Morgan fingerprint density at radius 1 is 1.36 bits per heavy atom. The molecule has 2 aliphatic rings. The number of Topliss-reactive ketones (excluding diaryl/α,β-unsaturated/α-hetero) is 1. The number of carbonyl (C=O) groups is 1. The molecule has 2 aliphatic carbocycles. The van der Waals surface area contributed by atoms with Crippen molar-refractivity contribution in [2.45, 2.75) is 45.6 Å². The van der Waals surface area contributed by atoms with Crippen molar-refractivity contribution in [2.75, 3.05) is 0 Å². The van der Waals surface area contributed by atoms with Crippen LogP contribution in [0.25, 0.3) is 6.08 Å². The smallest absolute Gasteiger partial charge is 0.165 e. The summed E-state index contributed by atoms with van der Waals surface area (Å²) in [7, 11) is 0. The van der Waals surface area contributed by atoms with E-state index in [9.17, 15) is 9.90 Å². The Morgan fingerprint density at radius 2 is 2.14 bits per heavy atom. The van der Waals surface area contributed by atoms with E-state index in [2.05, 4.69) is 13.8 Å². The van der Waals surface area contributed by atoms with Gasteiger partial charge in [0, 0.05) is 10.4 Å². The second kappa shape index (κ2) is 5.82. The van der Waals surface area contributed by atoms with Crippen LogP contribution in [0.15, 0.2) is 29.8 Å². The lowest BCUT2D eigenvalue weighted by molar-refractivity contribution is -0.137. The van der Waals surface area contributed by atoms with Crippen LogP contribution in [0.2, 0.25) is 5.02 Å². The van der Waals surface area contributed by atoms with E-state index in [1.54, 1.807) is 0 Å². The topological polar surface area (TPSA) is 37.3 Å². The number of hydrogen-bond acceptors (Lipinski definition) is 2. The van der Waals surface area contributed by atoms with Crippen molar-refractivity contribution in [3.05, 3.63) is 40.4 Å². The van der Waals surface area contributed by atoms with Gasteiger partial charge in [-0.1, -0.05) is 37.6 Å². The summed E-state index contributed by atoms with van der Waals surface area (Å²) in [6.07, 6.45) is 5.02. The van der Waals surface area contributed by atoms with Gasteiger partial charge in [-0.2, -0.15) is 0 Å². The molecule has 2 saturated carbocycles. The molecule has 0 heterocycles. The second-order valence-electron chi connectivity index (χ2n) is 7.08. The van der Waals surface area contributed by atoms with E-state index < -0.39 is 0 Å². The summed E-state index contributed by atoms with van der Waals surface area (Å²) in [5.74, 6) is 0.762. The number of hydrogen-bond donors (Lipinski definition) is 1. The minimum Gasteiger partial charge on any atom is -0.393 e. The maximum atomic E-state index is 13.0. The lowest BCUT2D eigenvalue weighted by Crippen LogP contribution is -2.50. The molecule has 0 amide bonds. The van der Waals surface area contributed by atoms with Crippen LogP contribution in [0.3, 0.4) is 0 Å². The van der Waals surface area contributed by atoms with Crippen LogP contribution in [-0.4, -0.2) is 17.0 Å². The Hall–Kier alpha value is -1.12. The molecule has 0 saturated heterocycles. The van der Waals surface area contributed by atoms with Gasteiger partial charge in [0.05, 0.1) is 6.10 Å². The quantitative estimate of drug-likeness (QED) is 0.774. The zero-order valence-electron chi connectivity index (χ0n) is 13.2. The highest BCUT2D eigenvalue weighted by molar-refractivity contribution is 6.30. The first-order valence-electron chi connectivity index (χ1n) is 8.11. The summed E-state index contributed by atoms with van der Waals surface area (Å²) in [4.78, 5) is 13.0. The highest BCUT2D eigenvalue weighted by Crippen LogP contribution is 2.52. The van der Waals surface area contributed by atoms with Gasteiger partial charge in [0.15, 0.2) is 5.78 Å². The second-order valence-corrected chi connectivity index (χ2v) is 7.52. The van der Waals surface area contributed by atoms with E-state index in [1.165, 1.54) is 0 Å². The van der Waals surface area contributed by atoms with Gasteiger partial charge in [-0.3, -0.25) is 4.79 Å². The van der Waals surface area contributed by atoms with Crippen LogP contribution in [0.4, 0.5) is 0 Å². The lowest BCUT2D eigenvalue weighted by atomic mass is 9.55. The molecule has 4 atom stereocenters. The minimum atomic E-state index is -0.318. The van der Waals surface area contributed by atoms with Gasteiger partial charge in [-0.25, -0.2) is 0 Å². The number of aliphatic hydroxyl groups excluding tert-OH is 1. The zero-order valence-corrected chi connectivity index (χ0v) is 13.9. The van der Waals surface area contributed by atoms with E-state index in [4.69, 9.17) is 11.6 Å². The average molecular weight is 319 g/mol.